The minimum Gasteiger partial charge on any atom is -0.481 e. The Morgan fingerprint density at radius 3 is 2.68 bits per heavy atom. The highest BCUT2D eigenvalue weighted by atomic mass is 35.5. The largest absolute Gasteiger partial charge is 0.481 e. The van der Waals surface area contributed by atoms with Gasteiger partial charge in [0.1, 0.15) is 10.7 Å². The van der Waals surface area contributed by atoms with Crippen LogP contribution in [0.3, 0.4) is 0 Å². The van der Waals surface area contributed by atoms with E-state index in [9.17, 15) is 14.9 Å². The molecule has 0 heterocycles. The number of carboxylic acids is 1. The van der Waals surface area contributed by atoms with Gasteiger partial charge in [-0.15, -0.1) is 0 Å². The molecular formula is C12H15ClN2O4. The van der Waals surface area contributed by atoms with Crippen LogP contribution in [0.5, 0.6) is 0 Å². The summed E-state index contributed by atoms with van der Waals surface area (Å²) in [7, 11) is 0. The molecule has 0 aliphatic rings. The van der Waals surface area contributed by atoms with Crippen LogP contribution in [-0.4, -0.2) is 22.5 Å². The van der Waals surface area contributed by atoms with Crippen molar-refractivity contribution in [2.24, 2.45) is 5.41 Å². The molecule has 0 fully saturated rings. The van der Waals surface area contributed by atoms with Gasteiger partial charge in [0.2, 0.25) is 0 Å². The molecule has 0 amide bonds. The Labute approximate surface area is 115 Å². The summed E-state index contributed by atoms with van der Waals surface area (Å²) in [6, 6.07) is 4.49. The third kappa shape index (κ3) is 3.35. The van der Waals surface area contributed by atoms with Crippen LogP contribution in [0, 0.1) is 15.5 Å². The van der Waals surface area contributed by atoms with E-state index in [1.807, 2.05) is 0 Å². The Kier molecular flexibility index (Phi) is 4.72. The molecule has 6 nitrogen and oxygen atoms in total. The zero-order valence-electron chi connectivity index (χ0n) is 10.6. The average molecular weight is 287 g/mol. The first-order chi connectivity index (χ1) is 8.81. The molecular weight excluding hydrogens is 272 g/mol. The number of benzene rings is 1. The second-order valence-electron chi connectivity index (χ2n) is 4.47. The van der Waals surface area contributed by atoms with Gasteiger partial charge in [-0.1, -0.05) is 24.6 Å². The Bertz CT molecular complexity index is 507. The first kappa shape index (κ1) is 15.2. The van der Waals surface area contributed by atoms with Crippen molar-refractivity contribution in [3.8, 4) is 0 Å². The van der Waals surface area contributed by atoms with E-state index in [2.05, 4.69) is 5.32 Å². The highest BCUT2D eigenvalue weighted by Gasteiger charge is 2.31. The van der Waals surface area contributed by atoms with Gasteiger partial charge in [0.05, 0.1) is 10.3 Å². The minimum absolute atomic E-state index is 0.0172. The maximum Gasteiger partial charge on any atom is 0.311 e. The number of carbonyl (C=O) groups is 1. The second-order valence-corrected chi connectivity index (χ2v) is 4.87. The van der Waals surface area contributed by atoms with Crippen molar-refractivity contribution < 1.29 is 14.8 Å². The Morgan fingerprint density at radius 1 is 1.58 bits per heavy atom. The van der Waals surface area contributed by atoms with E-state index in [-0.39, 0.29) is 22.9 Å². The number of nitrogens with one attached hydrogen (secondary N) is 1. The summed E-state index contributed by atoms with van der Waals surface area (Å²) in [5.74, 6) is -0.952. The minimum atomic E-state index is -0.990. The monoisotopic (exact) mass is 286 g/mol. The molecule has 1 aromatic carbocycles. The number of para-hydroxylation sites is 1. The average Bonchev–Trinajstić information content (AvgIpc) is 2.35. The number of nitrogens with zero attached hydrogens (tertiary/aromatic N) is 1. The number of rotatable bonds is 6. The summed E-state index contributed by atoms with van der Waals surface area (Å²) in [6.45, 7) is 3.42. The van der Waals surface area contributed by atoms with Crippen molar-refractivity contribution in [2.75, 3.05) is 11.9 Å². The van der Waals surface area contributed by atoms with Gasteiger partial charge in [-0.2, -0.15) is 0 Å². The number of nitro groups is 1. The molecule has 7 heteroatoms. The van der Waals surface area contributed by atoms with Crippen molar-refractivity contribution in [3.63, 3.8) is 0 Å². The molecule has 0 bridgehead atoms. The van der Waals surface area contributed by atoms with Crippen LogP contribution in [0.15, 0.2) is 18.2 Å². The van der Waals surface area contributed by atoms with Gasteiger partial charge in [-0.05, 0) is 25.5 Å². The molecule has 1 unspecified atom stereocenters. The molecule has 0 radical (unpaired) electrons. The summed E-state index contributed by atoms with van der Waals surface area (Å²) in [5.41, 5.74) is -1.01. The van der Waals surface area contributed by atoms with Gasteiger partial charge in [-0.25, -0.2) is 0 Å². The van der Waals surface area contributed by atoms with E-state index in [4.69, 9.17) is 16.7 Å². The number of halogens is 1. The van der Waals surface area contributed by atoms with Crippen LogP contribution in [0.2, 0.25) is 5.02 Å². The normalized spacial score (nSPS) is 13.6. The third-order valence-corrected chi connectivity index (χ3v) is 3.44. The fourth-order valence-electron chi connectivity index (χ4n) is 1.49. The molecule has 1 atom stereocenters. The first-order valence-corrected chi connectivity index (χ1v) is 6.10. The van der Waals surface area contributed by atoms with Crippen LogP contribution in [0.4, 0.5) is 11.4 Å². The number of hydrogen-bond acceptors (Lipinski definition) is 4. The van der Waals surface area contributed by atoms with E-state index >= 15 is 0 Å². The van der Waals surface area contributed by atoms with Crippen LogP contribution in [-0.2, 0) is 4.79 Å². The Hall–Kier alpha value is -1.82. The van der Waals surface area contributed by atoms with Crippen molar-refractivity contribution in [1.82, 2.24) is 0 Å². The summed E-state index contributed by atoms with van der Waals surface area (Å²) >= 11 is 5.77. The topological polar surface area (TPSA) is 92.5 Å². The number of aliphatic carboxylic acids is 1. The lowest BCUT2D eigenvalue weighted by molar-refractivity contribution is -0.383. The van der Waals surface area contributed by atoms with Crippen LogP contribution >= 0.6 is 11.6 Å². The Morgan fingerprint density at radius 2 is 2.21 bits per heavy atom. The SMILES string of the molecule is CCC(C)(CNc1cccc(Cl)c1[N+](=O)[O-])C(=O)O. The Balaban J connectivity index is 2.98. The van der Waals surface area contributed by atoms with E-state index in [1.54, 1.807) is 19.9 Å². The van der Waals surface area contributed by atoms with Crippen molar-refractivity contribution in [3.05, 3.63) is 33.3 Å². The zero-order chi connectivity index (χ0) is 14.6. The fraction of sp³-hybridized carbons (Fsp3) is 0.417. The summed E-state index contributed by atoms with van der Waals surface area (Å²) < 4.78 is 0. The van der Waals surface area contributed by atoms with Crippen LogP contribution < -0.4 is 5.32 Å². The number of anilines is 1. The summed E-state index contributed by atoms with van der Waals surface area (Å²) in [5, 5.41) is 22.9. The highest BCUT2D eigenvalue weighted by molar-refractivity contribution is 6.33. The lowest BCUT2D eigenvalue weighted by Gasteiger charge is -2.23. The van der Waals surface area contributed by atoms with Crippen molar-refractivity contribution in [2.45, 2.75) is 20.3 Å². The van der Waals surface area contributed by atoms with Crippen molar-refractivity contribution >= 4 is 28.9 Å². The highest BCUT2D eigenvalue weighted by Crippen LogP contribution is 2.33. The van der Waals surface area contributed by atoms with Gasteiger partial charge < -0.3 is 10.4 Å². The predicted octanol–water partition coefficient (Wildman–Crippen LogP) is 3.16. The quantitative estimate of drug-likeness (QED) is 0.619. The molecule has 19 heavy (non-hydrogen) atoms. The standard InChI is InChI=1S/C12H15ClN2O4/c1-3-12(2,11(16)17)7-14-9-6-4-5-8(13)10(9)15(18)19/h4-6,14H,3,7H2,1-2H3,(H,16,17). The zero-order valence-corrected chi connectivity index (χ0v) is 11.4. The van der Waals surface area contributed by atoms with E-state index in [0.717, 1.165) is 0 Å². The van der Waals surface area contributed by atoms with Crippen LogP contribution in [0.25, 0.3) is 0 Å². The number of hydrogen-bond donors (Lipinski definition) is 2. The van der Waals surface area contributed by atoms with Gasteiger partial charge >= 0.3 is 11.7 Å². The van der Waals surface area contributed by atoms with Crippen LogP contribution in [0.1, 0.15) is 20.3 Å². The molecule has 0 aliphatic carbocycles. The second kappa shape index (κ2) is 5.88. The molecule has 0 spiro atoms. The fourth-order valence-corrected chi connectivity index (χ4v) is 1.73. The molecule has 1 rings (SSSR count). The smallest absolute Gasteiger partial charge is 0.311 e. The molecule has 0 saturated heterocycles. The number of carboxylic acid groups (broad SMARTS) is 1. The lowest BCUT2D eigenvalue weighted by Crippen LogP contribution is -2.34. The summed E-state index contributed by atoms with van der Waals surface area (Å²) in [4.78, 5) is 21.5. The maximum absolute atomic E-state index is 11.2. The predicted molar refractivity (Wildman–Crippen MR) is 72.6 cm³/mol. The van der Waals surface area contributed by atoms with Gasteiger partial charge in [-0.3, -0.25) is 14.9 Å². The van der Waals surface area contributed by atoms with Crippen molar-refractivity contribution in [1.29, 1.82) is 0 Å². The third-order valence-electron chi connectivity index (χ3n) is 3.14. The van der Waals surface area contributed by atoms with E-state index in [1.165, 1.54) is 12.1 Å². The number of nitro benzene ring substituents is 1. The lowest BCUT2D eigenvalue weighted by atomic mass is 9.87. The summed E-state index contributed by atoms with van der Waals surface area (Å²) in [6.07, 6.45) is 0.406. The van der Waals surface area contributed by atoms with Gasteiger partial charge in [0.15, 0.2) is 0 Å². The molecule has 104 valence electrons. The molecule has 2 N–H and O–H groups in total. The van der Waals surface area contributed by atoms with E-state index in [0.29, 0.717) is 6.42 Å². The van der Waals surface area contributed by atoms with E-state index < -0.39 is 16.3 Å². The molecule has 0 aliphatic heterocycles. The first-order valence-electron chi connectivity index (χ1n) is 5.72. The molecule has 0 aromatic heterocycles. The molecule has 1 aromatic rings. The van der Waals surface area contributed by atoms with Gasteiger partial charge in [0.25, 0.3) is 0 Å². The maximum atomic E-state index is 11.2. The molecule has 0 saturated carbocycles. The van der Waals surface area contributed by atoms with Gasteiger partial charge in [0, 0.05) is 6.54 Å².